The lowest BCUT2D eigenvalue weighted by Crippen LogP contribution is -2.23. The number of aryl methyl sites for hydroxylation is 1. The second kappa shape index (κ2) is 11.2. The van der Waals surface area contributed by atoms with Gasteiger partial charge in [0.25, 0.3) is 0 Å². The van der Waals surface area contributed by atoms with E-state index in [1.165, 1.54) is 11.0 Å². The number of anilines is 3. The van der Waals surface area contributed by atoms with Gasteiger partial charge >= 0.3 is 6.18 Å². The average Bonchev–Trinajstić information content (AvgIpc) is 2.90. The normalized spacial score (nSPS) is 11.4. The summed E-state index contributed by atoms with van der Waals surface area (Å²) in [6.45, 7) is 1.93. The molecule has 10 heteroatoms. The van der Waals surface area contributed by atoms with Gasteiger partial charge < -0.3 is 19.9 Å². The Morgan fingerprint density at radius 2 is 1.69 bits per heavy atom. The number of hydrogen-bond donors (Lipinski definition) is 1. The van der Waals surface area contributed by atoms with E-state index in [-0.39, 0.29) is 18.9 Å². The summed E-state index contributed by atoms with van der Waals surface area (Å²) in [7, 11) is 6.90. The lowest BCUT2D eigenvalue weighted by molar-refractivity contribution is -0.137. The largest absolute Gasteiger partial charge is 0.496 e. The van der Waals surface area contributed by atoms with Crippen molar-refractivity contribution >= 4 is 34.0 Å². The highest BCUT2D eigenvalue weighted by molar-refractivity contribution is 5.92. The Kier molecular flexibility index (Phi) is 7.94. The molecule has 4 aromatic rings. The monoisotopic (exact) mass is 537 g/mol. The van der Waals surface area contributed by atoms with Gasteiger partial charge in [0, 0.05) is 50.0 Å². The molecule has 0 fully saturated rings. The summed E-state index contributed by atoms with van der Waals surface area (Å²) in [6, 6.07) is 16.6. The molecule has 0 atom stereocenters. The van der Waals surface area contributed by atoms with Crippen molar-refractivity contribution in [1.82, 2.24) is 14.9 Å². The van der Waals surface area contributed by atoms with Gasteiger partial charge in [0.05, 0.1) is 24.6 Å². The van der Waals surface area contributed by atoms with Crippen molar-refractivity contribution < 1.29 is 22.7 Å². The van der Waals surface area contributed by atoms with E-state index in [1.807, 2.05) is 48.3 Å². The van der Waals surface area contributed by atoms with Crippen molar-refractivity contribution in [2.75, 3.05) is 38.5 Å². The molecule has 204 valence electrons. The number of amides is 1. The van der Waals surface area contributed by atoms with Crippen molar-refractivity contribution in [3.05, 3.63) is 83.2 Å². The Bertz CT molecular complexity index is 1500. The van der Waals surface area contributed by atoms with Crippen molar-refractivity contribution in [2.24, 2.45) is 0 Å². The van der Waals surface area contributed by atoms with Gasteiger partial charge in [0.15, 0.2) is 0 Å². The first-order valence-corrected chi connectivity index (χ1v) is 12.3. The summed E-state index contributed by atoms with van der Waals surface area (Å²) in [6.07, 6.45) is -4.21. The molecule has 1 N–H and O–H groups in total. The van der Waals surface area contributed by atoms with Crippen LogP contribution in [0.3, 0.4) is 0 Å². The molecule has 0 aliphatic carbocycles. The number of carbonyl (C=O) groups excluding carboxylic acids is 1. The number of rotatable bonds is 8. The smallest absolute Gasteiger partial charge is 0.416 e. The number of methoxy groups -OCH3 is 1. The number of hydrogen-bond acceptors (Lipinski definition) is 6. The summed E-state index contributed by atoms with van der Waals surface area (Å²) in [5.74, 6) is 1.66. The fraction of sp³-hybridized carbons (Fsp3) is 0.276. The molecule has 1 heterocycles. The van der Waals surface area contributed by atoms with Crippen LogP contribution in [0.25, 0.3) is 10.9 Å². The van der Waals surface area contributed by atoms with E-state index in [4.69, 9.17) is 4.74 Å². The molecule has 3 aromatic carbocycles. The Morgan fingerprint density at radius 3 is 2.38 bits per heavy atom. The molecule has 1 aromatic heterocycles. The minimum atomic E-state index is -4.41. The maximum atomic E-state index is 13.1. The third-order valence-electron chi connectivity index (χ3n) is 6.38. The van der Waals surface area contributed by atoms with Gasteiger partial charge in [-0.05, 0) is 61.0 Å². The van der Waals surface area contributed by atoms with E-state index >= 15 is 0 Å². The summed E-state index contributed by atoms with van der Waals surface area (Å²) < 4.78 is 44.9. The average molecular weight is 538 g/mol. The van der Waals surface area contributed by atoms with E-state index in [2.05, 4.69) is 15.3 Å². The van der Waals surface area contributed by atoms with Crippen LogP contribution in [0.2, 0.25) is 0 Å². The summed E-state index contributed by atoms with van der Waals surface area (Å²) >= 11 is 0. The Labute approximate surface area is 225 Å². The number of nitrogens with zero attached hydrogens (tertiary/aromatic N) is 4. The quantitative estimate of drug-likeness (QED) is 0.298. The third kappa shape index (κ3) is 6.39. The van der Waals surface area contributed by atoms with E-state index < -0.39 is 11.7 Å². The maximum absolute atomic E-state index is 13.1. The lowest BCUT2D eigenvalue weighted by Gasteiger charge is -2.22. The number of halogens is 3. The zero-order valence-electron chi connectivity index (χ0n) is 22.4. The summed E-state index contributed by atoms with van der Waals surface area (Å²) in [5, 5.41) is 3.92. The van der Waals surface area contributed by atoms with Crippen LogP contribution in [0.1, 0.15) is 22.5 Å². The molecular weight excluding hydrogens is 507 g/mol. The molecule has 0 spiro atoms. The molecule has 0 saturated heterocycles. The van der Waals surface area contributed by atoms with Crippen LogP contribution in [0, 0.1) is 6.92 Å². The van der Waals surface area contributed by atoms with Gasteiger partial charge in [-0.3, -0.25) is 4.79 Å². The van der Waals surface area contributed by atoms with Gasteiger partial charge in [-0.25, -0.2) is 9.97 Å². The molecule has 7 nitrogen and oxygen atoms in total. The molecule has 0 bridgehead atoms. The first-order chi connectivity index (χ1) is 18.5. The number of fused-ring (bicyclic) bond motifs is 1. The molecule has 0 unspecified atom stereocenters. The first-order valence-electron chi connectivity index (χ1n) is 12.3. The van der Waals surface area contributed by atoms with Gasteiger partial charge in [-0.1, -0.05) is 12.1 Å². The van der Waals surface area contributed by atoms with Gasteiger partial charge in [0.2, 0.25) is 5.91 Å². The minimum absolute atomic E-state index is 0.0391. The minimum Gasteiger partial charge on any atom is -0.496 e. The first kappa shape index (κ1) is 27.7. The van der Waals surface area contributed by atoms with Crippen LogP contribution < -0.4 is 15.0 Å². The Balaban J connectivity index is 1.65. The lowest BCUT2D eigenvalue weighted by atomic mass is 10.1. The second-order valence-corrected chi connectivity index (χ2v) is 9.39. The fourth-order valence-electron chi connectivity index (χ4n) is 4.20. The van der Waals surface area contributed by atoms with Crippen LogP contribution in [-0.4, -0.2) is 49.0 Å². The Hall–Kier alpha value is -4.34. The summed E-state index contributed by atoms with van der Waals surface area (Å²) in [4.78, 5) is 24.9. The molecule has 0 aliphatic heterocycles. The van der Waals surface area contributed by atoms with E-state index in [9.17, 15) is 18.0 Å². The number of benzene rings is 3. The predicted molar refractivity (Wildman–Crippen MR) is 147 cm³/mol. The van der Waals surface area contributed by atoms with Gasteiger partial charge in [0.1, 0.15) is 17.4 Å². The number of alkyl halides is 3. The number of likely N-dealkylation sites (N-methyl/N-ethyl adjacent to an activating group) is 1. The third-order valence-corrected chi connectivity index (χ3v) is 6.38. The standard InChI is InChI=1S/C29H30F3N5O2/c1-18-34-25-11-9-23(37(4)22-10-12-26(39-5)20(14-22)15-27(38)36(2)3)16-24(25)28(35-18)33-17-19-7-6-8-21(13-19)29(30,31)32/h6-14,16H,15,17H2,1-5H3,(H,33,34,35). The van der Waals surface area contributed by atoms with Crippen molar-refractivity contribution in [2.45, 2.75) is 26.1 Å². The maximum Gasteiger partial charge on any atom is 0.416 e. The van der Waals surface area contributed by atoms with Crippen molar-refractivity contribution in [1.29, 1.82) is 0 Å². The topological polar surface area (TPSA) is 70.6 Å². The molecular formula is C29H30F3N5O2. The van der Waals surface area contributed by atoms with Crippen LogP contribution in [-0.2, 0) is 23.9 Å². The molecule has 0 radical (unpaired) electrons. The van der Waals surface area contributed by atoms with Crippen molar-refractivity contribution in [3.8, 4) is 5.75 Å². The van der Waals surface area contributed by atoms with Crippen molar-refractivity contribution in [3.63, 3.8) is 0 Å². The van der Waals surface area contributed by atoms with Crippen LogP contribution >= 0.6 is 0 Å². The predicted octanol–water partition coefficient (Wildman–Crippen LogP) is 5.98. The van der Waals surface area contributed by atoms with Crippen LogP contribution in [0.5, 0.6) is 5.75 Å². The van der Waals surface area contributed by atoms with E-state index in [1.54, 1.807) is 34.2 Å². The zero-order valence-corrected chi connectivity index (χ0v) is 22.4. The number of aromatic nitrogens is 2. The second-order valence-electron chi connectivity index (χ2n) is 9.39. The molecule has 39 heavy (non-hydrogen) atoms. The van der Waals surface area contributed by atoms with Crippen LogP contribution in [0.4, 0.5) is 30.4 Å². The molecule has 4 rings (SSSR count). The highest BCUT2D eigenvalue weighted by atomic mass is 19.4. The number of nitrogens with one attached hydrogen (secondary N) is 1. The zero-order chi connectivity index (χ0) is 28.3. The van der Waals surface area contributed by atoms with Gasteiger partial charge in [-0.2, -0.15) is 13.2 Å². The number of carbonyl (C=O) groups is 1. The highest BCUT2D eigenvalue weighted by Gasteiger charge is 2.30. The van der Waals surface area contributed by atoms with E-state index in [0.29, 0.717) is 28.5 Å². The van der Waals surface area contributed by atoms with Gasteiger partial charge in [-0.15, -0.1) is 0 Å². The SMILES string of the molecule is COc1ccc(N(C)c2ccc3nc(C)nc(NCc4cccc(C(F)(F)F)c4)c3c2)cc1CC(=O)N(C)C. The molecule has 1 amide bonds. The molecule has 0 saturated carbocycles. The fourth-order valence-corrected chi connectivity index (χ4v) is 4.20. The number of ether oxygens (including phenoxy) is 1. The van der Waals surface area contributed by atoms with E-state index in [0.717, 1.165) is 34.5 Å². The highest BCUT2D eigenvalue weighted by Crippen LogP contribution is 2.33. The van der Waals surface area contributed by atoms with Crippen LogP contribution in [0.15, 0.2) is 60.7 Å². The Morgan fingerprint density at radius 1 is 0.974 bits per heavy atom. The molecule has 0 aliphatic rings. The summed E-state index contributed by atoms with van der Waals surface area (Å²) in [5.41, 5.74) is 2.96.